The minimum absolute atomic E-state index is 0.0391. The maximum atomic E-state index is 14.0. The van der Waals surface area contributed by atoms with Crippen molar-refractivity contribution in [2.24, 2.45) is 11.7 Å². The Morgan fingerprint density at radius 2 is 1.74 bits per heavy atom. The molecule has 10 nitrogen and oxygen atoms in total. The molecule has 1 saturated heterocycles. The zero-order valence-corrected chi connectivity index (χ0v) is 23.4. The number of piperidine rings is 1. The Balaban J connectivity index is 1.39. The number of nitrogens with two attached hydrogens (primary N) is 1. The van der Waals surface area contributed by atoms with Crippen LogP contribution in [0.25, 0.3) is 0 Å². The highest BCUT2D eigenvalue weighted by Gasteiger charge is 2.42. The maximum absolute atomic E-state index is 14.0. The van der Waals surface area contributed by atoms with Crippen molar-refractivity contribution < 1.29 is 45.5 Å². The van der Waals surface area contributed by atoms with Gasteiger partial charge < -0.3 is 25.3 Å². The van der Waals surface area contributed by atoms with Crippen molar-refractivity contribution in [3.8, 4) is 0 Å². The summed E-state index contributed by atoms with van der Waals surface area (Å²) in [5, 5.41) is 2.61. The summed E-state index contributed by atoms with van der Waals surface area (Å²) in [7, 11) is 1.57. The van der Waals surface area contributed by atoms with Crippen LogP contribution in [-0.4, -0.2) is 83.0 Å². The van der Waals surface area contributed by atoms with Gasteiger partial charge in [-0.2, -0.15) is 13.2 Å². The molecule has 0 spiro atoms. The van der Waals surface area contributed by atoms with Crippen LogP contribution >= 0.6 is 0 Å². The second kappa shape index (κ2) is 13.3. The number of rotatable bonds is 9. The van der Waals surface area contributed by atoms with Crippen LogP contribution in [-0.2, 0) is 40.0 Å². The molecule has 16 heteroatoms. The molecule has 2 aliphatic heterocycles. The van der Waals surface area contributed by atoms with Crippen LogP contribution in [0.4, 0.5) is 26.3 Å². The van der Waals surface area contributed by atoms with E-state index in [-0.39, 0.29) is 62.2 Å². The minimum atomic E-state index is -4.87. The lowest BCUT2D eigenvalue weighted by molar-refractivity contribution is -0.148. The number of hydrogen-bond donors (Lipinski definition) is 2. The smallest absolute Gasteiger partial charge is 0.449 e. The van der Waals surface area contributed by atoms with Gasteiger partial charge in [-0.3, -0.25) is 14.5 Å². The fourth-order valence-electron chi connectivity index (χ4n) is 5.35. The zero-order chi connectivity index (χ0) is 31.5. The molecule has 2 aliphatic rings. The summed E-state index contributed by atoms with van der Waals surface area (Å²) >= 11 is 0. The van der Waals surface area contributed by atoms with E-state index in [1.807, 2.05) is 4.90 Å². The molecular formula is C27H32F6N6O4. The summed E-state index contributed by atoms with van der Waals surface area (Å²) in [4.78, 5) is 44.3. The van der Waals surface area contributed by atoms with Gasteiger partial charge in [0.05, 0.1) is 12.2 Å². The van der Waals surface area contributed by atoms with Crippen molar-refractivity contribution in [2.45, 2.75) is 51.0 Å². The predicted octanol–water partition coefficient (Wildman–Crippen LogP) is 2.24. The highest BCUT2D eigenvalue weighted by atomic mass is 19.4. The molecule has 0 saturated carbocycles. The lowest BCUT2D eigenvalue weighted by atomic mass is 9.96. The number of carbonyl (C=O) groups is 3. The van der Waals surface area contributed by atoms with Crippen molar-refractivity contribution in [3.63, 3.8) is 0 Å². The van der Waals surface area contributed by atoms with Gasteiger partial charge >= 0.3 is 12.1 Å². The molecule has 43 heavy (non-hydrogen) atoms. The second-order valence-corrected chi connectivity index (χ2v) is 10.6. The van der Waals surface area contributed by atoms with E-state index in [0.717, 1.165) is 4.57 Å². The number of ether oxygens (including phenoxy) is 1. The molecule has 2 amide bonds. The number of benzene rings is 1. The van der Waals surface area contributed by atoms with Crippen molar-refractivity contribution in [2.75, 3.05) is 39.8 Å². The second-order valence-electron chi connectivity index (χ2n) is 10.6. The molecule has 1 fully saturated rings. The van der Waals surface area contributed by atoms with Gasteiger partial charge in [-0.05, 0) is 44.0 Å². The Hall–Kier alpha value is -3.66. The molecule has 1 aromatic heterocycles. The Morgan fingerprint density at radius 3 is 2.40 bits per heavy atom. The van der Waals surface area contributed by atoms with Crippen LogP contribution in [0.5, 0.6) is 0 Å². The number of aromatic nitrogens is 2. The number of hydrogen-bond acceptors (Lipinski definition) is 7. The van der Waals surface area contributed by atoms with E-state index in [0.29, 0.717) is 44.6 Å². The molecule has 3 N–H and O–H groups in total. The summed E-state index contributed by atoms with van der Waals surface area (Å²) < 4.78 is 88.0. The Morgan fingerprint density at radius 1 is 1.07 bits per heavy atom. The van der Waals surface area contributed by atoms with E-state index in [2.05, 4.69) is 10.3 Å². The van der Waals surface area contributed by atoms with Gasteiger partial charge in [0, 0.05) is 51.1 Å². The van der Waals surface area contributed by atoms with Gasteiger partial charge in [0.25, 0.3) is 0 Å². The Kier molecular flexibility index (Phi) is 10.00. The van der Waals surface area contributed by atoms with Crippen molar-refractivity contribution >= 4 is 17.8 Å². The summed E-state index contributed by atoms with van der Waals surface area (Å²) in [6.07, 6.45) is -4.28. The number of halogens is 6. The standard InChI is InChI=1S/C27H32F6N6O4/c1-35-24(41)15-2-4-37(5-3-15)8-9-43-25(42)23-21-14-38(6-7-39(21)26(36-23)27(31,32)33)22(40)12-17(34)10-16-11-19(29)20(30)13-18(16)28/h11,13,15,17H,2-10,12,14,34H2,1H3,(H,35,41)/t17-/m1/s1. The minimum Gasteiger partial charge on any atom is -0.460 e. The molecule has 4 rings (SSSR count). The van der Waals surface area contributed by atoms with E-state index >= 15 is 0 Å². The molecule has 1 aromatic carbocycles. The number of alkyl halides is 3. The quantitative estimate of drug-likeness (QED) is 0.251. The third-order valence-corrected chi connectivity index (χ3v) is 7.66. The molecule has 1 atom stereocenters. The van der Waals surface area contributed by atoms with E-state index in [4.69, 9.17) is 10.5 Å². The van der Waals surface area contributed by atoms with E-state index in [1.54, 1.807) is 7.05 Å². The predicted molar refractivity (Wildman–Crippen MR) is 139 cm³/mol. The average molecular weight is 619 g/mol. The zero-order valence-electron chi connectivity index (χ0n) is 23.4. The number of fused-ring (bicyclic) bond motifs is 1. The first kappa shape index (κ1) is 32.3. The number of esters is 1. The Bertz CT molecular complexity index is 1360. The maximum Gasteiger partial charge on any atom is 0.449 e. The number of amides is 2. The van der Waals surface area contributed by atoms with Gasteiger partial charge in [0.15, 0.2) is 17.3 Å². The van der Waals surface area contributed by atoms with Crippen molar-refractivity contribution in [1.82, 2.24) is 24.7 Å². The molecule has 0 unspecified atom stereocenters. The average Bonchev–Trinajstić information content (AvgIpc) is 3.35. The molecule has 0 bridgehead atoms. The molecule has 0 radical (unpaired) electrons. The van der Waals surface area contributed by atoms with Crippen LogP contribution in [0, 0.1) is 23.4 Å². The molecule has 0 aliphatic carbocycles. The summed E-state index contributed by atoms with van der Waals surface area (Å²) in [5.41, 5.74) is 5.02. The van der Waals surface area contributed by atoms with Gasteiger partial charge in [0.2, 0.25) is 17.6 Å². The van der Waals surface area contributed by atoms with Gasteiger partial charge in [-0.1, -0.05) is 0 Å². The van der Waals surface area contributed by atoms with Gasteiger partial charge in [0.1, 0.15) is 12.4 Å². The fourth-order valence-corrected chi connectivity index (χ4v) is 5.35. The number of likely N-dealkylation sites (tertiary alicyclic amines) is 1. The number of imidazole rings is 1. The Labute approximate surface area is 243 Å². The van der Waals surface area contributed by atoms with Gasteiger partial charge in [-0.25, -0.2) is 22.9 Å². The first-order valence-corrected chi connectivity index (χ1v) is 13.7. The number of nitrogens with one attached hydrogen (secondary N) is 1. The summed E-state index contributed by atoms with van der Waals surface area (Å²) in [5.74, 6) is -6.76. The van der Waals surface area contributed by atoms with E-state index in [9.17, 15) is 40.7 Å². The molecule has 236 valence electrons. The van der Waals surface area contributed by atoms with Crippen LogP contribution in [0.2, 0.25) is 0 Å². The monoisotopic (exact) mass is 618 g/mol. The fraction of sp³-hybridized carbons (Fsp3) is 0.556. The first-order valence-electron chi connectivity index (χ1n) is 13.7. The van der Waals surface area contributed by atoms with Crippen LogP contribution in [0.1, 0.15) is 46.8 Å². The molecule has 2 aromatic rings. The lowest BCUT2D eigenvalue weighted by Crippen LogP contribution is -2.42. The van der Waals surface area contributed by atoms with Crippen LogP contribution in [0.15, 0.2) is 12.1 Å². The third-order valence-electron chi connectivity index (χ3n) is 7.66. The number of carbonyl (C=O) groups excluding carboxylic acids is 3. The summed E-state index contributed by atoms with van der Waals surface area (Å²) in [6.45, 7) is 0.559. The largest absolute Gasteiger partial charge is 0.460 e. The summed E-state index contributed by atoms with van der Waals surface area (Å²) in [6, 6.07) is 0.0204. The first-order chi connectivity index (χ1) is 20.3. The van der Waals surface area contributed by atoms with Crippen LogP contribution < -0.4 is 11.1 Å². The van der Waals surface area contributed by atoms with E-state index in [1.165, 1.54) is 4.90 Å². The van der Waals surface area contributed by atoms with Gasteiger partial charge in [-0.15, -0.1) is 0 Å². The lowest BCUT2D eigenvalue weighted by Gasteiger charge is -2.31. The third kappa shape index (κ3) is 7.65. The SMILES string of the molecule is CNC(=O)C1CCN(CCOC(=O)c2nc(C(F)(F)F)n3c2CN(C(=O)C[C@H](N)Cc2cc(F)c(F)cc2F)CC3)CC1. The van der Waals surface area contributed by atoms with Crippen LogP contribution in [0.3, 0.4) is 0 Å². The highest BCUT2D eigenvalue weighted by molar-refractivity contribution is 5.89. The van der Waals surface area contributed by atoms with Crippen molar-refractivity contribution in [1.29, 1.82) is 0 Å². The normalized spacial score (nSPS) is 17.0. The molecule has 3 heterocycles. The molecular weight excluding hydrogens is 586 g/mol. The highest BCUT2D eigenvalue weighted by Crippen LogP contribution is 2.33. The topological polar surface area (TPSA) is 123 Å². The van der Waals surface area contributed by atoms with E-state index < -0.39 is 53.1 Å². The number of nitrogens with zero attached hydrogens (tertiary/aromatic N) is 4. The van der Waals surface area contributed by atoms with Crippen molar-refractivity contribution in [3.05, 3.63) is 52.4 Å².